The van der Waals surface area contributed by atoms with Crippen LogP contribution in [0.4, 0.5) is 5.69 Å². The monoisotopic (exact) mass is 508 g/mol. The molecule has 8 heteroatoms. The van der Waals surface area contributed by atoms with Gasteiger partial charge in [0.25, 0.3) is 5.91 Å². The van der Waals surface area contributed by atoms with Crippen molar-refractivity contribution in [2.24, 2.45) is 0 Å². The van der Waals surface area contributed by atoms with Crippen LogP contribution in [-0.2, 0) is 9.84 Å². The number of aromatic nitrogens is 1. The second-order valence-corrected chi connectivity index (χ2v) is 10.9. The first-order chi connectivity index (χ1) is 16.3. The van der Waals surface area contributed by atoms with E-state index in [-0.39, 0.29) is 10.8 Å². The first-order valence-corrected chi connectivity index (χ1v) is 13.8. The molecule has 4 rings (SSSR count). The lowest BCUT2D eigenvalue weighted by Crippen LogP contribution is -2.13. The highest BCUT2D eigenvalue weighted by Gasteiger charge is 2.16. The molecule has 172 valence electrons. The average molecular weight is 509 g/mol. The maximum Gasteiger partial charge on any atom is 0.256 e. The highest BCUT2D eigenvalue weighted by Crippen LogP contribution is 2.32. The maximum atomic E-state index is 13.3. The van der Waals surface area contributed by atoms with Crippen LogP contribution in [0.25, 0.3) is 22.4 Å². The summed E-state index contributed by atoms with van der Waals surface area (Å²) in [6.45, 7) is 0. The Labute approximate surface area is 208 Å². The number of thioether (sulfide) groups is 1. The summed E-state index contributed by atoms with van der Waals surface area (Å²) < 4.78 is 23.7. The zero-order valence-corrected chi connectivity index (χ0v) is 20.8. The molecule has 0 spiro atoms. The average Bonchev–Trinajstić information content (AvgIpc) is 2.85. The quantitative estimate of drug-likeness (QED) is 0.303. The fourth-order valence-corrected chi connectivity index (χ4v) is 4.77. The number of amides is 1. The van der Waals surface area contributed by atoms with Crippen LogP contribution in [0.3, 0.4) is 0 Å². The highest BCUT2D eigenvalue weighted by atomic mass is 35.5. The Morgan fingerprint density at radius 2 is 1.71 bits per heavy atom. The number of nitrogens with zero attached hydrogens (tertiary/aromatic N) is 1. The molecule has 0 aliphatic rings. The number of hydrogen-bond acceptors (Lipinski definition) is 5. The maximum absolute atomic E-state index is 13.3. The fraction of sp³-hybridized carbons (Fsp3) is 0.0769. The van der Waals surface area contributed by atoms with Crippen molar-refractivity contribution in [1.29, 1.82) is 0 Å². The molecule has 0 atom stereocenters. The van der Waals surface area contributed by atoms with Gasteiger partial charge in [0.15, 0.2) is 9.84 Å². The molecule has 1 heterocycles. The molecular weight excluding hydrogens is 488 g/mol. The van der Waals surface area contributed by atoms with Crippen molar-refractivity contribution in [3.63, 3.8) is 0 Å². The van der Waals surface area contributed by atoms with Crippen molar-refractivity contribution < 1.29 is 13.2 Å². The smallest absolute Gasteiger partial charge is 0.256 e. The van der Waals surface area contributed by atoms with Gasteiger partial charge in [0.2, 0.25) is 0 Å². The molecule has 0 aliphatic carbocycles. The van der Waals surface area contributed by atoms with E-state index in [1.807, 2.05) is 36.6 Å². The Balaban J connectivity index is 1.69. The minimum atomic E-state index is -3.31. The van der Waals surface area contributed by atoms with E-state index in [0.29, 0.717) is 27.5 Å². The zero-order valence-electron chi connectivity index (χ0n) is 18.4. The van der Waals surface area contributed by atoms with Crippen LogP contribution in [0.1, 0.15) is 10.4 Å². The van der Waals surface area contributed by atoms with Gasteiger partial charge in [-0.1, -0.05) is 29.8 Å². The lowest BCUT2D eigenvalue weighted by atomic mass is 9.99. The Hall–Kier alpha value is -3.13. The summed E-state index contributed by atoms with van der Waals surface area (Å²) in [5.74, 6) is -0.288. The number of hydrogen-bond donors (Lipinski definition) is 1. The van der Waals surface area contributed by atoms with Crippen molar-refractivity contribution in [1.82, 2.24) is 4.98 Å². The van der Waals surface area contributed by atoms with Gasteiger partial charge in [0, 0.05) is 34.2 Å². The molecule has 0 radical (unpaired) electrons. The van der Waals surface area contributed by atoms with E-state index in [1.165, 1.54) is 6.26 Å². The lowest BCUT2D eigenvalue weighted by molar-refractivity contribution is 0.102. The summed E-state index contributed by atoms with van der Waals surface area (Å²) in [6, 6.07) is 22.9. The predicted molar refractivity (Wildman–Crippen MR) is 139 cm³/mol. The standard InChI is InChI=1S/C26H21ClN2O3S2/c1-33-19-9-12-21(22(16-19)17-6-10-20(11-7-17)34(2,31)32)26(30)29-18-8-13-24(27)23(15-18)25-5-3-4-14-28-25/h3-16H,1-2H3,(H,29,30). The van der Waals surface area contributed by atoms with Crippen molar-refractivity contribution >= 4 is 44.8 Å². The topological polar surface area (TPSA) is 76.1 Å². The first kappa shape index (κ1) is 24.0. The Morgan fingerprint density at radius 1 is 0.941 bits per heavy atom. The van der Waals surface area contributed by atoms with E-state index in [2.05, 4.69) is 10.3 Å². The number of halogens is 1. The van der Waals surface area contributed by atoms with Crippen molar-refractivity contribution in [2.75, 3.05) is 17.8 Å². The number of pyridine rings is 1. The van der Waals surface area contributed by atoms with Crippen LogP contribution in [0.15, 0.2) is 94.9 Å². The molecule has 3 aromatic carbocycles. The van der Waals surface area contributed by atoms with E-state index in [9.17, 15) is 13.2 Å². The minimum Gasteiger partial charge on any atom is -0.322 e. The summed E-state index contributed by atoms with van der Waals surface area (Å²) in [6.07, 6.45) is 4.81. The Kier molecular flexibility index (Phi) is 7.07. The van der Waals surface area contributed by atoms with Gasteiger partial charge in [0.05, 0.1) is 15.6 Å². The number of anilines is 1. The third-order valence-electron chi connectivity index (χ3n) is 5.23. The van der Waals surface area contributed by atoms with E-state index in [4.69, 9.17) is 11.6 Å². The summed E-state index contributed by atoms with van der Waals surface area (Å²) in [4.78, 5) is 18.9. The zero-order chi connectivity index (χ0) is 24.3. The molecule has 0 saturated carbocycles. The van der Waals surface area contributed by atoms with Crippen LogP contribution in [0.2, 0.25) is 5.02 Å². The third kappa shape index (κ3) is 5.33. The Morgan fingerprint density at radius 3 is 2.35 bits per heavy atom. The molecule has 34 heavy (non-hydrogen) atoms. The van der Waals surface area contributed by atoms with Gasteiger partial charge in [-0.15, -0.1) is 11.8 Å². The number of rotatable bonds is 6. The van der Waals surface area contributed by atoms with Gasteiger partial charge in [-0.25, -0.2) is 8.42 Å². The molecule has 0 saturated heterocycles. The van der Waals surface area contributed by atoms with E-state index >= 15 is 0 Å². The van der Waals surface area contributed by atoms with E-state index in [0.717, 1.165) is 16.0 Å². The van der Waals surface area contributed by atoms with Crippen LogP contribution < -0.4 is 5.32 Å². The van der Waals surface area contributed by atoms with E-state index in [1.54, 1.807) is 66.5 Å². The number of carbonyl (C=O) groups excluding carboxylic acids is 1. The molecular formula is C26H21ClN2O3S2. The van der Waals surface area contributed by atoms with Crippen LogP contribution in [0, 0.1) is 0 Å². The number of nitrogens with one attached hydrogen (secondary N) is 1. The van der Waals surface area contributed by atoms with Crippen LogP contribution in [0.5, 0.6) is 0 Å². The molecule has 5 nitrogen and oxygen atoms in total. The number of carbonyl (C=O) groups is 1. The van der Waals surface area contributed by atoms with Crippen molar-refractivity contribution in [2.45, 2.75) is 9.79 Å². The number of sulfone groups is 1. The largest absolute Gasteiger partial charge is 0.322 e. The molecule has 0 fully saturated rings. The Bertz CT molecular complexity index is 1460. The van der Waals surface area contributed by atoms with Crippen LogP contribution in [-0.4, -0.2) is 31.8 Å². The number of benzene rings is 3. The van der Waals surface area contributed by atoms with Crippen molar-refractivity contribution in [3.05, 3.63) is 95.6 Å². The summed E-state index contributed by atoms with van der Waals surface area (Å²) in [7, 11) is -3.31. The molecule has 1 aromatic heterocycles. The second kappa shape index (κ2) is 10.0. The van der Waals surface area contributed by atoms with Gasteiger partial charge in [-0.3, -0.25) is 9.78 Å². The minimum absolute atomic E-state index is 0.228. The summed E-state index contributed by atoms with van der Waals surface area (Å²) in [5, 5.41) is 3.49. The first-order valence-electron chi connectivity index (χ1n) is 10.3. The molecule has 1 amide bonds. The third-order valence-corrected chi connectivity index (χ3v) is 7.41. The summed E-state index contributed by atoms with van der Waals surface area (Å²) >= 11 is 7.93. The fourth-order valence-electron chi connectivity index (χ4n) is 3.49. The van der Waals surface area contributed by atoms with Gasteiger partial charge < -0.3 is 5.32 Å². The SMILES string of the molecule is CSc1ccc(C(=O)Nc2ccc(Cl)c(-c3ccccn3)c2)c(-c2ccc(S(C)(=O)=O)cc2)c1. The molecule has 1 N–H and O–H groups in total. The van der Waals surface area contributed by atoms with E-state index < -0.39 is 9.84 Å². The molecule has 0 aliphatic heterocycles. The lowest BCUT2D eigenvalue weighted by Gasteiger charge is -2.13. The second-order valence-electron chi connectivity index (χ2n) is 7.57. The molecule has 0 bridgehead atoms. The predicted octanol–water partition coefficient (Wildman–Crippen LogP) is 6.45. The molecule has 4 aromatic rings. The van der Waals surface area contributed by atoms with Gasteiger partial charge in [-0.2, -0.15) is 0 Å². The highest BCUT2D eigenvalue weighted by molar-refractivity contribution is 7.98. The summed E-state index contributed by atoms with van der Waals surface area (Å²) in [5.41, 5.74) is 3.94. The normalized spacial score (nSPS) is 11.3. The molecule has 0 unspecified atom stereocenters. The van der Waals surface area contributed by atoms with Crippen LogP contribution >= 0.6 is 23.4 Å². The van der Waals surface area contributed by atoms with Crippen molar-refractivity contribution in [3.8, 4) is 22.4 Å². The van der Waals surface area contributed by atoms with Gasteiger partial charge in [-0.05, 0) is 78.0 Å². The van der Waals surface area contributed by atoms with Gasteiger partial charge >= 0.3 is 0 Å². The van der Waals surface area contributed by atoms with Gasteiger partial charge in [0.1, 0.15) is 0 Å².